The van der Waals surface area contributed by atoms with Crippen LogP contribution >= 0.6 is 30.8 Å². The van der Waals surface area contributed by atoms with Gasteiger partial charge in [-0.2, -0.15) is 0 Å². The average Bonchev–Trinajstić information content (AvgIpc) is 3.24. The van der Waals surface area contributed by atoms with Crippen molar-refractivity contribution in [3.05, 3.63) is 83.6 Å². The molecule has 1 unspecified atom stereocenters. The number of phosphoric acid groups is 1. The van der Waals surface area contributed by atoms with E-state index in [1.807, 2.05) is 5.32 Å². The minimum atomic E-state index is -4.45. The smallest absolute Gasteiger partial charge is 0.448 e. The van der Waals surface area contributed by atoms with Gasteiger partial charge in [-0.25, -0.2) is 34.0 Å². The number of carbonyl (C=O) groups is 1. The fourth-order valence-electron chi connectivity index (χ4n) is 3.24. The van der Waals surface area contributed by atoms with Crippen molar-refractivity contribution in [2.45, 2.75) is 0 Å². The van der Waals surface area contributed by atoms with Crippen LogP contribution in [-0.2, 0) is 11.9 Å². The molecule has 4 rings (SSSR count). The Morgan fingerprint density at radius 2 is 1.67 bits per heavy atom. The summed E-state index contributed by atoms with van der Waals surface area (Å²) in [5.41, 5.74) is -2.76. The molecule has 0 aliphatic carbocycles. The van der Waals surface area contributed by atoms with Gasteiger partial charge in [0.05, 0.1) is 11.1 Å². The summed E-state index contributed by atoms with van der Waals surface area (Å²) < 4.78 is 85.7. The molecule has 0 aliphatic rings. The van der Waals surface area contributed by atoms with E-state index in [0.29, 0.717) is 0 Å². The van der Waals surface area contributed by atoms with E-state index in [2.05, 4.69) is 12.5 Å². The maximum Gasteiger partial charge on any atom is 0.484 e. The van der Waals surface area contributed by atoms with Gasteiger partial charge < -0.3 is 14.9 Å². The number of hydrogen-bond donors (Lipinski definition) is 2. The molecule has 2 aromatic carbocycles. The summed E-state index contributed by atoms with van der Waals surface area (Å²) in [7, 11) is -4.45. The predicted molar refractivity (Wildman–Crippen MR) is 126 cm³/mol. The molecular weight excluding hydrogens is 624 g/mol. The van der Waals surface area contributed by atoms with Gasteiger partial charge in [0.25, 0.3) is 5.91 Å². The van der Waals surface area contributed by atoms with Gasteiger partial charge in [0, 0.05) is 6.20 Å². The van der Waals surface area contributed by atoms with E-state index in [9.17, 15) is 31.8 Å². The summed E-state index contributed by atoms with van der Waals surface area (Å²) in [5.74, 6) is -8.80. The molecule has 188 valence electrons. The fraction of sp³-hybridized carbons (Fsp3) is 0.0476. The lowest BCUT2D eigenvalue weighted by Gasteiger charge is -2.13. The number of benzene rings is 2. The summed E-state index contributed by atoms with van der Waals surface area (Å²) in [5, 5.41) is 5.78. The topological polar surface area (TPSA) is 111 Å². The number of pyridine rings is 1. The van der Waals surface area contributed by atoms with Gasteiger partial charge in [-0.05, 0) is 17.7 Å². The largest absolute Gasteiger partial charge is 0.484 e. The lowest BCUT2D eigenvalue weighted by atomic mass is 10.0. The van der Waals surface area contributed by atoms with Crippen LogP contribution in [0.15, 0.2) is 54.7 Å². The molecule has 2 heterocycles. The number of hydrogen-bond acceptors (Lipinski definition) is 6. The highest BCUT2D eigenvalue weighted by molar-refractivity contribution is 14.1. The number of rotatable bonds is 8. The molecule has 0 bridgehead atoms. The number of amides is 1. The van der Waals surface area contributed by atoms with Crippen LogP contribution in [0.1, 0.15) is 10.4 Å². The highest BCUT2D eigenvalue weighted by Gasteiger charge is 2.30. The first-order valence-electron chi connectivity index (χ1n) is 9.75. The van der Waals surface area contributed by atoms with Gasteiger partial charge in [0.2, 0.25) is 12.7 Å². The molecule has 0 saturated heterocycles. The third kappa shape index (κ3) is 5.08. The summed E-state index contributed by atoms with van der Waals surface area (Å²) >= 11 is 1.13. The highest BCUT2D eigenvalue weighted by atomic mass is 127. The van der Waals surface area contributed by atoms with Crippen LogP contribution in [0.25, 0.3) is 16.6 Å². The number of fused-ring (bicyclic) bond motifs is 1. The SMILES string of the molecule is O=C(Nc1c(F)c(F)c(-c2ccccc2)c(F)c1F)c1c(OCOP(=O)(O)OI)nn2ccccc12. The van der Waals surface area contributed by atoms with Crippen molar-refractivity contribution in [3.63, 3.8) is 0 Å². The Bertz CT molecular complexity index is 1480. The number of nitrogens with zero attached hydrogens (tertiary/aromatic N) is 2. The molecule has 0 aliphatic heterocycles. The van der Waals surface area contributed by atoms with Gasteiger partial charge in [-0.3, -0.25) is 4.79 Å². The summed E-state index contributed by atoms with van der Waals surface area (Å²) in [6, 6.07) is 11.4. The first-order chi connectivity index (χ1) is 17.1. The second-order valence-electron chi connectivity index (χ2n) is 6.97. The number of carbonyl (C=O) groups excluding carboxylic acids is 1. The average molecular weight is 637 g/mol. The number of ether oxygens (including phenoxy) is 1. The highest BCUT2D eigenvalue weighted by Crippen LogP contribution is 2.45. The predicted octanol–water partition coefficient (Wildman–Crippen LogP) is 5.63. The van der Waals surface area contributed by atoms with Gasteiger partial charge in [-0.15, -0.1) is 5.10 Å². The van der Waals surface area contributed by atoms with Crippen molar-refractivity contribution in [1.82, 2.24) is 9.61 Å². The minimum absolute atomic E-state index is 0.0741. The standard InChI is InChI=1S/C21H13F4IN3O6P/c22-15-13(11-6-2-1-3-7-11)16(23)18(25)19(17(15)24)27-20(30)14-12-8-4-5-9-29(12)28-21(14)33-10-34-36(31,32)35-26/h1-9H,10H2,(H,27,30)(H,31,32). The Morgan fingerprint density at radius 1 is 1.03 bits per heavy atom. The van der Waals surface area contributed by atoms with Crippen molar-refractivity contribution >= 4 is 47.9 Å². The Hall–Kier alpha value is -3.04. The zero-order chi connectivity index (χ0) is 26.0. The molecule has 0 saturated carbocycles. The van der Waals surface area contributed by atoms with Crippen molar-refractivity contribution in [3.8, 4) is 17.0 Å². The third-order valence-corrected chi connectivity index (χ3v) is 6.90. The molecule has 2 aromatic heterocycles. The van der Waals surface area contributed by atoms with E-state index in [1.54, 1.807) is 12.1 Å². The molecule has 36 heavy (non-hydrogen) atoms. The van der Waals surface area contributed by atoms with Gasteiger partial charge in [0.15, 0.2) is 23.3 Å². The molecule has 4 aromatic rings. The summed E-state index contributed by atoms with van der Waals surface area (Å²) in [4.78, 5) is 22.3. The normalized spacial score (nSPS) is 12.9. The van der Waals surface area contributed by atoms with Crippen molar-refractivity contribution in [2.75, 3.05) is 12.1 Å². The van der Waals surface area contributed by atoms with Crippen molar-refractivity contribution in [1.29, 1.82) is 0 Å². The Morgan fingerprint density at radius 3 is 2.31 bits per heavy atom. The number of anilines is 1. The quantitative estimate of drug-likeness (QED) is 0.0848. The molecule has 1 atom stereocenters. The molecule has 15 heteroatoms. The fourth-order valence-corrected chi connectivity index (χ4v) is 3.80. The van der Waals surface area contributed by atoms with Crippen LogP contribution < -0.4 is 10.1 Å². The van der Waals surface area contributed by atoms with E-state index in [4.69, 9.17) is 4.74 Å². The molecule has 2 N–H and O–H groups in total. The Kier molecular flexibility index (Phi) is 7.61. The number of halogens is 5. The molecular formula is C21H13F4IN3O6P. The zero-order valence-electron chi connectivity index (χ0n) is 17.6. The van der Waals surface area contributed by atoms with Crippen LogP contribution in [0, 0.1) is 23.3 Å². The molecule has 0 spiro atoms. The van der Waals surface area contributed by atoms with Crippen LogP contribution in [-0.4, -0.2) is 27.2 Å². The second kappa shape index (κ2) is 10.5. The minimum Gasteiger partial charge on any atom is -0.448 e. The summed E-state index contributed by atoms with van der Waals surface area (Å²) in [6.07, 6.45) is 1.40. The first-order valence-corrected chi connectivity index (χ1v) is 12.1. The zero-order valence-corrected chi connectivity index (χ0v) is 20.7. The Balaban J connectivity index is 1.71. The van der Waals surface area contributed by atoms with Crippen LogP contribution in [0.3, 0.4) is 0 Å². The van der Waals surface area contributed by atoms with Crippen LogP contribution in [0.2, 0.25) is 0 Å². The maximum absolute atomic E-state index is 14.8. The second-order valence-corrected chi connectivity index (χ2v) is 9.48. The number of aromatic nitrogens is 2. The van der Waals surface area contributed by atoms with E-state index < -0.39 is 66.5 Å². The lowest BCUT2D eigenvalue weighted by molar-refractivity contribution is 0.0850. The molecule has 1 amide bonds. The monoisotopic (exact) mass is 637 g/mol. The van der Waals surface area contributed by atoms with Crippen molar-refractivity contribution in [2.24, 2.45) is 0 Å². The van der Waals surface area contributed by atoms with Gasteiger partial charge in [-0.1, -0.05) is 36.4 Å². The number of phosphoric ester groups is 1. The Labute approximate surface area is 213 Å². The van der Waals surface area contributed by atoms with Gasteiger partial charge >= 0.3 is 7.82 Å². The van der Waals surface area contributed by atoms with Gasteiger partial charge in [0.1, 0.15) is 34.3 Å². The molecule has 0 radical (unpaired) electrons. The maximum atomic E-state index is 14.8. The first kappa shape index (κ1) is 26.0. The molecule has 9 nitrogen and oxygen atoms in total. The number of nitrogens with one attached hydrogen (secondary N) is 1. The van der Waals surface area contributed by atoms with E-state index in [1.165, 1.54) is 42.6 Å². The van der Waals surface area contributed by atoms with Crippen LogP contribution in [0.4, 0.5) is 23.2 Å². The molecule has 0 fully saturated rings. The van der Waals surface area contributed by atoms with E-state index in [0.717, 1.165) is 27.5 Å². The van der Waals surface area contributed by atoms with Crippen LogP contribution in [0.5, 0.6) is 5.88 Å². The lowest BCUT2D eigenvalue weighted by Crippen LogP contribution is -2.17. The van der Waals surface area contributed by atoms with Crippen molar-refractivity contribution < 1.29 is 43.9 Å². The van der Waals surface area contributed by atoms with E-state index in [-0.39, 0.29) is 11.1 Å². The summed E-state index contributed by atoms with van der Waals surface area (Å²) in [6.45, 7) is -0.904. The van der Waals surface area contributed by atoms with E-state index >= 15 is 0 Å². The third-order valence-electron chi connectivity index (χ3n) is 4.80.